The van der Waals surface area contributed by atoms with Crippen molar-refractivity contribution >= 4 is 17.5 Å². The van der Waals surface area contributed by atoms with Gasteiger partial charge in [-0.25, -0.2) is 4.98 Å². The van der Waals surface area contributed by atoms with Crippen LogP contribution in [0.5, 0.6) is 0 Å². The highest BCUT2D eigenvalue weighted by atomic mass is 16.2. The Labute approximate surface area is 129 Å². The average molecular weight is 300 g/mol. The molecule has 1 aliphatic heterocycles. The van der Waals surface area contributed by atoms with Gasteiger partial charge in [0.05, 0.1) is 11.6 Å². The van der Waals surface area contributed by atoms with Crippen LogP contribution in [-0.4, -0.2) is 45.7 Å². The van der Waals surface area contributed by atoms with Gasteiger partial charge >= 0.3 is 0 Å². The van der Waals surface area contributed by atoms with E-state index in [1.54, 1.807) is 4.90 Å². The Morgan fingerprint density at radius 1 is 1.45 bits per heavy atom. The Kier molecular flexibility index (Phi) is 4.09. The van der Waals surface area contributed by atoms with Gasteiger partial charge in [-0.2, -0.15) is 0 Å². The first-order valence-electron chi connectivity index (χ1n) is 7.65. The zero-order valence-corrected chi connectivity index (χ0v) is 12.7. The molecular formula is C16H20N4O2. The average Bonchev–Trinajstić information content (AvgIpc) is 3.09. The maximum Gasteiger partial charge on any atom is 0.225 e. The number of likely N-dealkylation sites (tertiary alicyclic amines) is 1. The quantitative estimate of drug-likeness (QED) is 0.890. The molecule has 0 saturated carbocycles. The summed E-state index contributed by atoms with van der Waals surface area (Å²) in [4.78, 5) is 30.0. The second-order valence-corrected chi connectivity index (χ2v) is 5.57. The SMILES string of the molecule is CCN1C[C@H](C(=O)NCCc2cn3ccccc3n2)CC1=O. The molecular weight excluding hydrogens is 280 g/mol. The van der Waals surface area contributed by atoms with Gasteiger partial charge in [-0.1, -0.05) is 6.07 Å². The third-order valence-corrected chi connectivity index (χ3v) is 4.06. The Morgan fingerprint density at radius 2 is 2.32 bits per heavy atom. The number of nitrogens with zero attached hydrogens (tertiary/aromatic N) is 3. The van der Waals surface area contributed by atoms with Crippen molar-refractivity contribution in [2.24, 2.45) is 5.92 Å². The molecule has 2 amide bonds. The maximum absolute atomic E-state index is 12.1. The minimum absolute atomic E-state index is 0.0342. The first kappa shape index (κ1) is 14.6. The molecule has 6 nitrogen and oxygen atoms in total. The van der Waals surface area contributed by atoms with Crippen molar-refractivity contribution < 1.29 is 9.59 Å². The number of imidazole rings is 1. The van der Waals surface area contributed by atoms with Gasteiger partial charge in [0.15, 0.2) is 0 Å². The van der Waals surface area contributed by atoms with Crippen LogP contribution in [0.2, 0.25) is 0 Å². The second-order valence-electron chi connectivity index (χ2n) is 5.57. The Hall–Kier alpha value is -2.37. The van der Waals surface area contributed by atoms with Crippen LogP contribution >= 0.6 is 0 Å². The molecule has 0 spiro atoms. The number of hydrogen-bond acceptors (Lipinski definition) is 3. The van der Waals surface area contributed by atoms with Crippen molar-refractivity contribution in [1.82, 2.24) is 19.6 Å². The highest BCUT2D eigenvalue weighted by Gasteiger charge is 2.32. The molecule has 3 heterocycles. The predicted molar refractivity (Wildman–Crippen MR) is 82.3 cm³/mol. The molecule has 1 saturated heterocycles. The van der Waals surface area contributed by atoms with E-state index in [9.17, 15) is 9.59 Å². The van der Waals surface area contributed by atoms with E-state index < -0.39 is 0 Å². The van der Waals surface area contributed by atoms with Crippen LogP contribution in [0, 0.1) is 5.92 Å². The van der Waals surface area contributed by atoms with E-state index in [-0.39, 0.29) is 17.7 Å². The van der Waals surface area contributed by atoms with E-state index >= 15 is 0 Å². The van der Waals surface area contributed by atoms with Gasteiger partial charge in [0.25, 0.3) is 0 Å². The summed E-state index contributed by atoms with van der Waals surface area (Å²) >= 11 is 0. The normalized spacial score (nSPS) is 18.1. The second kappa shape index (κ2) is 6.17. The topological polar surface area (TPSA) is 66.7 Å². The maximum atomic E-state index is 12.1. The highest BCUT2D eigenvalue weighted by Crippen LogP contribution is 2.17. The number of amides is 2. The lowest BCUT2D eigenvalue weighted by Crippen LogP contribution is -2.34. The van der Waals surface area contributed by atoms with Crippen LogP contribution in [-0.2, 0) is 16.0 Å². The van der Waals surface area contributed by atoms with Gasteiger partial charge in [0, 0.05) is 44.9 Å². The molecule has 0 bridgehead atoms. The first-order chi connectivity index (χ1) is 10.7. The van der Waals surface area contributed by atoms with Crippen LogP contribution in [0.3, 0.4) is 0 Å². The van der Waals surface area contributed by atoms with Crippen LogP contribution in [0.4, 0.5) is 0 Å². The molecule has 0 unspecified atom stereocenters. The Bertz CT molecular complexity index is 661. The van der Waals surface area contributed by atoms with Gasteiger partial charge in [-0.3, -0.25) is 9.59 Å². The first-order valence-corrected chi connectivity index (χ1v) is 7.65. The molecule has 1 aliphatic rings. The van der Waals surface area contributed by atoms with E-state index in [0.29, 0.717) is 32.5 Å². The van der Waals surface area contributed by atoms with Gasteiger partial charge in [-0.15, -0.1) is 0 Å². The lowest BCUT2D eigenvalue weighted by Gasteiger charge is -2.13. The molecule has 116 valence electrons. The van der Waals surface area contributed by atoms with Crippen LogP contribution in [0.15, 0.2) is 30.6 Å². The molecule has 0 aliphatic carbocycles. The molecule has 0 radical (unpaired) electrons. The molecule has 0 aromatic carbocycles. The molecule has 2 aromatic rings. The standard InChI is InChI=1S/C16H20N4O2/c1-2-19-10-12(9-15(19)21)16(22)17-7-6-13-11-20-8-4-3-5-14(20)18-13/h3-5,8,11-12H,2,6-7,9-10H2,1H3,(H,17,22)/t12-/m1/s1. The summed E-state index contributed by atoms with van der Waals surface area (Å²) in [7, 11) is 0. The molecule has 6 heteroatoms. The van der Waals surface area contributed by atoms with Crippen LogP contribution in [0.25, 0.3) is 5.65 Å². The number of carbonyl (C=O) groups is 2. The van der Waals surface area contributed by atoms with Crippen molar-refractivity contribution in [1.29, 1.82) is 0 Å². The molecule has 2 aromatic heterocycles. The van der Waals surface area contributed by atoms with E-state index in [1.807, 2.05) is 41.9 Å². The summed E-state index contributed by atoms with van der Waals surface area (Å²) in [6.45, 7) is 3.68. The van der Waals surface area contributed by atoms with Crippen molar-refractivity contribution in [3.63, 3.8) is 0 Å². The molecule has 1 atom stereocenters. The van der Waals surface area contributed by atoms with E-state index in [1.165, 1.54) is 0 Å². The van der Waals surface area contributed by atoms with Crippen molar-refractivity contribution in [2.45, 2.75) is 19.8 Å². The molecule has 22 heavy (non-hydrogen) atoms. The Morgan fingerprint density at radius 3 is 3.05 bits per heavy atom. The fraction of sp³-hybridized carbons (Fsp3) is 0.438. The predicted octanol–water partition coefficient (Wildman–Crippen LogP) is 0.861. The number of carbonyl (C=O) groups excluding carboxylic acids is 2. The molecule has 1 N–H and O–H groups in total. The summed E-state index contributed by atoms with van der Waals surface area (Å²) in [5.41, 5.74) is 1.85. The lowest BCUT2D eigenvalue weighted by atomic mass is 10.1. The van der Waals surface area contributed by atoms with Gasteiger partial charge < -0.3 is 14.6 Å². The fourth-order valence-electron chi connectivity index (χ4n) is 2.82. The summed E-state index contributed by atoms with van der Waals surface area (Å²) in [5, 5.41) is 2.92. The number of hydrogen-bond donors (Lipinski definition) is 1. The van der Waals surface area contributed by atoms with E-state index in [2.05, 4.69) is 10.3 Å². The minimum atomic E-state index is -0.214. The third kappa shape index (κ3) is 2.95. The number of nitrogens with one attached hydrogen (secondary N) is 1. The summed E-state index contributed by atoms with van der Waals surface area (Å²) in [6, 6.07) is 5.85. The van der Waals surface area contributed by atoms with Crippen molar-refractivity contribution in [3.05, 3.63) is 36.3 Å². The number of aromatic nitrogens is 2. The number of pyridine rings is 1. The molecule has 3 rings (SSSR count). The van der Waals surface area contributed by atoms with Crippen molar-refractivity contribution in [2.75, 3.05) is 19.6 Å². The summed E-state index contributed by atoms with van der Waals surface area (Å²) in [6.07, 6.45) is 4.94. The minimum Gasteiger partial charge on any atom is -0.355 e. The van der Waals surface area contributed by atoms with Crippen LogP contribution in [0.1, 0.15) is 19.0 Å². The smallest absolute Gasteiger partial charge is 0.225 e. The summed E-state index contributed by atoms with van der Waals surface area (Å²) in [5.74, 6) is -0.176. The van der Waals surface area contributed by atoms with Gasteiger partial charge in [0.2, 0.25) is 11.8 Å². The van der Waals surface area contributed by atoms with Crippen LogP contribution < -0.4 is 5.32 Å². The van der Waals surface area contributed by atoms with E-state index in [4.69, 9.17) is 0 Å². The lowest BCUT2D eigenvalue weighted by molar-refractivity contribution is -0.128. The van der Waals surface area contributed by atoms with Crippen molar-refractivity contribution in [3.8, 4) is 0 Å². The summed E-state index contributed by atoms with van der Waals surface area (Å²) < 4.78 is 1.96. The highest BCUT2D eigenvalue weighted by molar-refractivity contribution is 5.89. The fourth-order valence-corrected chi connectivity index (χ4v) is 2.82. The van der Waals surface area contributed by atoms with Gasteiger partial charge in [-0.05, 0) is 19.1 Å². The van der Waals surface area contributed by atoms with Gasteiger partial charge in [0.1, 0.15) is 5.65 Å². The molecule has 1 fully saturated rings. The number of rotatable bonds is 5. The largest absolute Gasteiger partial charge is 0.355 e. The third-order valence-electron chi connectivity index (χ3n) is 4.06. The monoisotopic (exact) mass is 300 g/mol. The Balaban J connectivity index is 1.50. The zero-order valence-electron chi connectivity index (χ0n) is 12.7. The van der Waals surface area contributed by atoms with E-state index in [0.717, 1.165) is 11.3 Å². The number of fused-ring (bicyclic) bond motifs is 1. The zero-order chi connectivity index (χ0) is 15.5.